The first-order valence-corrected chi connectivity index (χ1v) is 16.3. The van der Waals surface area contributed by atoms with Crippen LogP contribution in [-0.2, 0) is 37.4 Å². The highest BCUT2D eigenvalue weighted by molar-refractivity contribution is 7.91. The number of rotatable bonds is 4. The number of urea groups is 1. The van der Waals surface area contributed by atoms with Gasteiger partial charge in [0.05, 0.1) is 11.8 Å². The molecule has 1 aromatic carbocycles. The molecule has 0 bridgehead atoms. The van der Waals surface area contributed by atoms with Crippen molar-refractivity contribution in [1.82, 2.24) is 25.2 Å². The van der Waals surface area contributed by atoms with Crippen molar-refractivity contribution in [2.75, 3.05) is 13.1 Å². The smallest absolute Gasteiger partial charge is 0.410 e. The number of hydrogen-bond acceptors (Lipinski definition) is 7. The van der Waals surface area contributed by atoms with Crippen molar-refractivity contribution >= 4 is 34.0 Å². The van der Waals surface area contributed by atoms with E-state index in [2.05, 4.69) is 15.4 Å². The van der Waals surface area contributed by atoms with Gasteiger partial charge in [-0.1, -0.05) is 42.8 Å². The average Bonchev–Trinajstić information content (AvgIpc) is 3.84. The number of amides is 5. The third kappa shape index (κ3) is 5.83. The third-order valence-electron chi connectivity index (χ3n) is 8.85. The minimum Gasteiger partial charge on any atom is -0.444 e. The zero-order valence-corrected chi connectivity index (χ0v) is 24.2. The van der Waals surface area contributed by atoms with Crippen molar-refractivity contribution in [2.45, 2.75) is 87.4 Å². The molecule has 6 rings (SSSR count). The van der Waals surface area contributed by atoms with E-state index in [1.54, 1.807) is 4.90 Å². The number of benzene rings is 1. The highest BCUT2D eigenvalue weighted by atomic mass is 32.2. The summed E-state index contributed by atoms with van der Waals surface area (Å²) >= 11 is 0. The fourth-order valence-electron chi connectivity index (χ4n) is 6.12. The van der Waals surface area contributed by atoms with Gasteiger partial charge in [-0.05, 0) is 49.7 Å². The Morgan fingerprint density at radius 2 is 1.79 bits per heavy atom. The number of fused-ring (bicyclic) bond motifs is 3. The summed E-state index contributed by atoms with van der Waals surface area (Å²) in [6, 6.07) is 6.32. The van der Waals surface area contributed by atoms with Crippen molar-refractivity contribution in [2.24, 2.45) is 5.92 Å². The van der Waals surface area contributed by atoms with Gasteiger partial charge in [-0.15, -0.1) is 0 Å². The number of ether oxygens (including phenoxy) is 1. The first kappa shape index (κ1) is 28.5. The summed E-state index contributed by atoms with van der Waals surface area (Å²) < 4.78 is 33.1. The quantitative estimate of drug-likeness (QED) is 0.447. The van der Waals surface area contributed by atoms with Gasteiger partial charge in [-0.3, -0.25) is 19.2 Å². The van der Waals surface area contributed by atoms with E-state index < -0.39 is 56.9 Å². The molecule has 13 heteroatoms. The number of nitrogens with zero attached hydrogens (tertiary/aromatic N) is 2. The van der Waals surface area contributed by atoms with E-state index in [1.807, 2.05) is 36.4 Å². The van der Waals surface area contributed by atoms with Gasteiger partial charge in [0.2, 0.25) is 15.9 Å². The monoisotopic (exact) mass is 599 g/mol. The minimum absolute atomic E-state index is 0.0229. The second-order valence-electron chi connectivity index (χ2n) is 12.0. The number of carbonyl (C=O) groups is 4. The molecule has 2 saturated carbocycles. The van der Waals surface area contributed by atoms with Crippen LogP contribution in [0, 0.1) is 5.92 Å². The van der Waals surface area contributed by atoms with E-state index in [1.165, 1.54) is 4.90 Å². The van der Waals surface area contributed by atoms with Gasteiger partial charge in [0.25, 0.3) is 5.91 Å². The van der Waals surface area contributed by atoms with Crippen LogP contribution >= 0.6 is 0 Å². The van der Waals surface area contributed by atoms with E-state index in [4.69, 9.17) is 4.74 Å². The summed E-state index contributed by atoms with van der Waals surface area (Å²) in [7, 11) is -3.82. The molecule has 3 aliphatic heterocycles. The molecule has 0 unspecified atom stereocenters. The van der Waals surface area contributed by atoms with E-state index >= 15 is 0 Å². The second-order valence-corrected chi connectivity index (χ2v) is 14.0. The number of hydrogen-bond donors (Lipinski definition) is 3. The van der Waals surface area contributed by atoms with Gasteiger partial charge in [0.1, 0.15) is 17.7 Å². The lowest BCUT2D eigenvalue weighted by atomic mass is 10.1. The maximum atomic E-state index is 13.7. The lowest BCUT2D eigenvalue weighted by Crippen LogP contribution is -2.57. The van der Waals surface area contributed by atoms with Crippen LogP contribution in [0.25, 0.3) is 0 Å². The molecule has 12 nitrogen and oxygen atoms in total. The first-order valence-electron chi connectivity index (χ1n) is 14.8. The zero-order chi connectivity index (χ0) is 29.5. The van der Waals surface area contributed by atoms with Gasteiger partial charge >= 0.3 is 12.1 Å². The molecule has 0 aromatic heterocycles. The van der Waals surface area contributed by atoms with Crippen LogP contribution in [0.15, 0.2) is 36.4 Å². The fourth-order valence-corrected chi connectivity index (χ4v) is 7.49. The molecule has 3 heterocycles. The van der Waals surface area contributed by atoms with Gasteiger partial charge in [0, 0.05) is 32.0 Å². The first-order chi connectivity index (χ1) is 20.2. The Balaban J connectivity index is 1.18. The van der Waals surface area contributed by atoms with E-state index in [0.29, 0.717) is 32.5 Å². The van der Waals surface area contributed by atoms with Gasteiger partial charge in [0.15, 0.2) is 0 Å². The zero-order valence-electron chi connectivity index (χ0n) is 23.4. The summed E-state index contributed by atoms with van der Waals surface area (Å²) in [6.45, 7) is 1.31. The third-order valence-corrected chi connectivity index (χ3v) is 10.7. The topological polar surface area (TPSA) is 154 Å². The van der Waals surface area contributed by atoms with E-state index in [-0.39, 0.29) is 25.3 Å². The van der Waals surface area contributed by atoms with Crippen LogP contribution in [0.5, 0.6) is 0 Å². The van der Waals surface area contributed by atoms with Crippen LogP contribution in [-0.4, -0.2) is 78.2 Å². The number of allylic oxidation sites excluding steroid dienone is 1. The molecule has 0 spiro atoms. The lowest BCUT2D eigenvalue weighted by Gasteiger charge is -2.26. The Labute approximate surface area is 245 Å². The lowest BCUT2D eigenvalue weighted by molar-refractivity contribution is -0.131. The molecular weight excluding hydrogens is 562 g/mol. The highest BCUT2D eigenvalue weighted by Crippen LogP contribution is 2.46. The summed E-state index contributed by atoms with van der Waals surface area (Å²) in [6.07, 6.45) is 7.24. The molecule has 0 radical (unpaired) electrons. The molecule has 4 atom stereocenters. The fraction of sp³-hybridized carbons (Fsp3) is 0.586. The molecule has 3 fully saturated rings. The van der Waals surface area contributed by atoms with Crippen LogP contribution in [0.2, 0.25) is 0 Å². The molecule has 1 aromatic rings. The Bertz CT molecular complexity index is 1390. The Hall–Kier alpha value is -3.61. The Morgan fingerprint density at radius 3 is 2.50 bits per heavy atom. The Kier molecular flexibility index (Phi) is 7.62. The van der Waals surface area contributed by atoms with E-state index in [0.717, 1.165) is 36.8 Å². The van der Waals surface area contributed by atoms with Crippen molar-refractivity contribution < 1.29 is 32.3 Å². The molecule has 5 amide bonds. The SMILES string of the molecule is O=C1N[C@]2(C(=O)NS(=O)(=O)C3CC3)C[C@H]2/C=C\CCCCCNC(=O)N2C[C@H](OC(=O)N3Cc4ccccc4C3)C[C@@H]12. The number of sulfonamides is 1. The number of carbonyl (C=O) groups excluding carboxylic acids is 4. The highest BCUT2D eigenvalue weighted by Gasteiger charge is 2.62. The largest absolute Gasteiger partial charge is 0.444 e. The molecule has 226 valence electrons. The van der Waals surface area contributed by atoms with Crippen molar-refractivity contribution in [1.29, 1.82) is 0 Å². The van der Waals surface area contributed by atoms with Crippen molar-refractivity contribution in [3.8, 4) is 0 Å². The molecule has 42 heavy (non-hydrogen) atoms. The normalized spacial score (nSPS) is 30.4. The minimum atomic E-state index is -3.82. The summed E-state index contributed by atoms with van der Waals surface area (Å²) in [5.74, 6) is -1.70. The molecule has 5 aliphatic rings. The summed E-state index contributed by atoms with van der Waals surface area (Å²) in [5, 5.41) is 5.09. The van der Waals surface area contributed by atoms with Crippen LogP contribution in [0.4, 0.5) is 9.59 Å². The van der Waals surface area contributed by atoms with Crippen LogP contribution < -0.4 is 15.4 Å². The molecular formula is C29H37N5O7S. The summed E-state index contributed by atoms with van der Waals surface area (Å²) in [5.41, 5.74) is 0.675. The van der Waals surface area contributed by atoms with Gasteiger partial charge < -0.3 is 20.3 Å². The standard InChI is InChI=1S/C29H37N5O7S/c35-25-24-14-22(41-28(38)33-16-19-8-5-6-9-20(19)17-33)18-34(24)27(37)30-13-7-3-1-2-4-10-21-15-29(21,31-25)26(36)32-42(39,40)23-11-12-23/h4-6,8-10,21-24H,1-3,7,11-18H2,(H,30,37)(H,31,35)(H,32,36)/b10-4-/t21-,22-,24+,29-/m1/s1. The Morgan fingerprint density at radius 1 is 1.05 bits per heavy atom. The molecule has 3 N–H and O–H groups in total. The average molecular weight is 600 g/mol. The maximum absolute atomic E-state index is 13.7. The maximum Gasteiger partial charge on any atom is 0.410 e. The number of nitrogens with one attached hydrogen (secondary N) is 3. The van der Waals surface area contributed by atoms with Crippen molar-refractivity contribution in [3.63, 3.8) is 0 Å². The van der Waals surface area contributed by atoms with Gasteiger partial charge in [-0.2, -0.15) is 0 Å². The van der Waals surface area contributed by atoms with E-state index in [9.17, 15) is 27.6 Å². The molecule has 2 aliphatic carbocycles. The summed E-state index contributed by atoms with van der Waals surface area (Å²) in [4.78, 5) is 56.3. The van der Waals surface area contributed by atoms with Crippen LogP contribution in [0.1, 0.15) is 62.5 Å². The molecule has 1 saturated heterocycles. The second kappa shape index (κ2) is 11.2. The predicted molar refractivity (Wildman–Crippen MR) is 151 cm³/mol. The van der Waals surface area contributed by atoms with Crippen LogP contribution in [0.3, 0.4) is 0 Å². The van der Waals surface area contributed by atoms with Gasteiger partial charge in [-0.25, -0.2) is 18.0 Å². The predicted octanol–water partition coefficient (Wildman–Crippen LogP) is 1.90. The van der Waals surface area contributed by atoms with Crippen molar-refractivity contribution in [3.05, 3.63) is 47.5 Å².